The summed E-state index contributed by atoms with van der Waals surface area (Å²) in [5.74, 6) is -1.30. The molecule has 15 heavy (non-hydrogen) atoms. The highest BCUT2D eigenvalue weighted by Gasteiger charge is 2.19. The van der Waals surface area contributed by atoms with Crippen molar-refractivity contribution in [2.24, 2.45) is 0 Å². The maximum absolute atomic E-state index is 13.5. The van der Waals surface area contributed by atoms with Crippen LogP contribution in [-0.2, 0) is 4.84 Å². The van der Waals surface area contributed by atoms with Crippen LogP contribution >= 0.6 is 31.9 Å². The van der Waals surface area contributed by atoms with Crippen LogP contribution in [0.15, 0.2) is 15.3 Å². The highest BCUT2D eigenvalue weighted by atomic mass is 79.9. The minimum atomic E-state index is -0.716. The van der Waals surface area contributed by atoms with E-state index in [4.69, 9.17) is 0 Å². The van der Waals surface area contributed by atoms with Crippen LogP contribution in [0.5, 0.6) is 0 Å². The first-order valence-electron chi connectivity index (χ1n) is 3.81. The van der Waals surface area contributed by atoms with Crippen molar-refractivity contribution in [1.29, 1.82) is 0 Å². The molecule has 82 valence electrons. The zero-order valence-electron chi connectivity index (χ0n) is 7.92. The van der Waals surface area contributed by atoms with Crippen LogP contribution in [0.4, 0.5) is 4.39 Å². The fraction of sp³-hybridized carbons (Fsp3) is 0.250. The molecular formula is C8H7Br2FN2O2. The summed E-state index contributed by atoms with van der Waals surface area (Å²) in [4.78, 5) is 20.0. The average Bonchev–Trinajstić information content (AvgIpc) is 2.21. The number of hydrogen-bond acceptors (Lipinski definition) is 3. The zero-order chi connectivity index (χ0) is 11.6. The van der Waals surface area contributed by atoms with Crippen molar-refractivity contribution >= 4 is 37.8 Å². The molecule has 0 aromatic carbocycles. The van der Waals surface area contributed by atoms with E-state index in [0.717, 1.165) is 5.06 Å². The van der Waals surface area contributed by atoms with Crippen LogP contribution in [0, 0.1) is 5.82 Å². The molecule has 0 aliphatic carbocycles. The molecule has 0 radical (unpaired) electrons. The molecule has 1 aromatic rings. The van der Waals surface area contributed by atoms with Crippen LogP contribution in [0.2, 0.25) is 0 Å². The minimum absolute atomic E-state index is 0.0234. The summed E-state index contributed by atoms with van der Waals surface area (Å²) in [5.41, 5.74) is -0.117. The second-order valence-electron chi connectivity index (χ2n) is 2.58. The number of amides is 1. The third-order valence-electron chi connectivity index (χ3n) is 1.68. The van der Waals surface area contributed by atoms with Gasteiger partial charge in [-0.15, -0.1) is 0 Å². The molecular weight excluding hydrogens is 335 g/mol. The number of hydrogen-bond donors (Lipinski definition) is 0. The van der Waals surface area contributed by atoms with E-state index in [1.807, 2.05) is 0 Å². The second kappa shape index (κ2) is 5.00. The van der Waals surface area contributed by atoms with E-state index in [-0.39, 0.29) is 10.2 Å². The minimum Gasteiger partial charge on any atom is -0.274 e. The molecule has 0 N–H and O–H groups in total. The number of halogens is 3. The van der Waals surface area contributed by atoms with Crippen LogP contribution in [0.25, 0.3) is 0 Å². The largest absolute Gasteiger partial charge is 0.280 e. The van der Waals surface area contributed by atoms with Crippen LogP contribution in [0.3, 0.4) is 0 Å². The first kappa shape index (κ1) is 12.5. The number of aromatic nitrogens is 1. The van der Waals surface area contributed by atoms with Gasteiger partial charge in [-0.3, -0.25) is 9.63 Å². The van der Waals surface area contributed by atoms with Gasteiger partial charge in [0.05, 0.1) is 12.7 Å². The van der Waals surface area contributed by atoms with Crippen LogP contribution in [-0.4, -0.2) is 30.1 Å². The van der Waals surface area contributed by atoms with Crippen molar-refractivity contribution < 1.29 is 14.0 Å². The van der Waals surface area contributed by atoms with Gasteiger partial charge in [-0.05, 0) is 37.9 Å². The first-order chi connectivity index (χ1) is 6.97. The Morgan fingerprint density at radius 1 is 1.60 bits per heavy atom. The molecule has 0 atom stereocenters. The maximum atomic E-state index is 13.5. The van der Waals surface area contributed by atoms with E-state index in [2.05, 4.69) is 41.7 Å². The molecule has 1 aromatic heterocycles. The second-order valence-corrected chi connectivity index (χ2v) is 4.15. The lowest BCUT2D eigenvalue weighted by molar-refractivity contribution is -0.0759. The standard InChI is InChI=1S/C8H7Br2FN2O2/c1-13(15-2)8(14)4-3-5(9)12-7(10)6(4)11/h3H,1-2H3. The van der Waals surface area contributed by atoms with E-state index in [1.165, 1.54) is 20.2 Å². The Labute approximate surface area is 103 Å². The summed E-state index contributed by atoms with van der Waals surface area (Å²) in [6.45, 7) is 0. The fourth-order valence-electron chi connectivity index (χ4n) is 0.877. The summed E-state index contributed by atoms with van der Waals surface area (Å²) in [6, 6.07) is 1.29. The topological polar surface area (TPSA) is 42.4 Å². The van der Waals surface area contributed by atoms with Gasteiger partial charge in [-0.1, -0.05) is 0 Å². The number of hydroxylamine groups is 2. The number of nitrogens with zero attached hydrogens (tertiary/aromatic N) is 2. The van der Waals surface area contributed by atoms with Gasteiger partial charge in [-0.2, -0.15) is 0 Å². The van der Waals surface area contributed by atoms with E-state index in [9.17, 15) is 9.18 Å². The van der Waals surface area contributed by atoms with Gasteiger partial charge in [0.2, 0.25) is 0 Å². The first-order valence-corrected chi connectivity index (χ1v) is 5.39. The molecule has 1 heterocycles. The lowest BCUT2D eigenvalue weighted by atomic mass is 10.2. The molecule has 0 spiro atoms. The van der Waals surface area contributed by atoms with Crippen molar-refractivity contribution in [3.8, 4) is 0 Å². The van der Waals surface area contributed by atoms with E-state index >= 15 is 0 Å². The van der Waals surface area contributed by atoms with Crippen LogP contribution in [0.1, 0.15) is 10.4 Å². The van der Waals surface area contributed by atoms with Crippen molar-refractivity contribution in [3.05, 3.63) is 26.7 Å². The predicted octanol–water partition coefficient (Wildman–Crippen LogP) is 2.38. The molecule has 0 aliphatic rings. The number of carbonyl (C=O) groups excluding carboxylic acids is 1. The highest BCUT2D eigenvalue weighted by Crippen LogP contribution is 2.21. The van der Waals surface area contributed by atoms with Crippen molar-refractivity contribution in [3.63, 3.8) is 0 Å². The summed E-state index contributed by atoms with van der Waals surface area (Å²) in [5, 5.41) is 0.928. The van der Waals surface area contributed by atoms with E-state index < -0.39 is 11.7 Å². The molecule has 0 unspecified atom stereocenters. The maximum Gasteiger partial charge on any atom is 0.280 e. The monoisotopic (exact) mass is 340 g/mol. The van der Waals surface area contributed by atoms with Gasteiger partial charge in [-0.25, -0.2) is 14.4 Å². The molecule has 1 rings (SSSR count). The SMILES string of the molecule is CON(C)C(=O)c1cc(Br)nc(Br)c1F. The van der Waals surface area contributed by atoms with Crippen molar-refractivity contribution in [2.45, 2.75) is 0 Å². The third-order valence-corrected chi connectivity index (χ3v) is 2.61. The molecule has 1 amide bonds. The Kier molecular flexibility index (Phi) is 4.18. The molecule has 4 nitrogen and oxygen atoms in total. The summed E-state index contributed by atoms with van der Waals surface area (Å²) in [6.07, 6.45) is 0. The predicted molar refractivity (Wildman–Crippen MR) is 58.7 cm³/mol. The van der Waals surface area contributed by atoms with E-state index in [1.54, 1.807) is 0 Å². The van der Waals surface area contributed by atoms with Gasteiger partial charge in [0.25, 0.3) is 5.91 Å². The normalized spacial score (nSPS) is 10.2. The van der Waals surface area contributed by atoms with Crippen molar-refractivity contribution in [2.75, 3.05) is 14.2 Å². The molecule has 7 heteroatoms. The number of carbonyl (C=O) groups is 1. The van der Waals surface area contributed by atoms with Crippen molar-refractivity contribution in [1.82, 2.24) is 10.0 Å². The smallest absolute Gasteiger partial charge is 0.274 e. The molecule has 0 bridgehead atoms. The Morgan fingerprint density at radius 2 is 2.20 bits per heavy atom. The summed E-state index contributed by atoms with van der Waals surface area (Å²) >= 11 is 5.98. The van der Waals surface area contributed by atoms with Gasteiger partial charge in [0.1, 0.15) is 9.21 Å². The van der Waals surface area contributed by atoms with E-state index in [0.29, 0.717) is 4.60 Å². The lowest BCUT2D eigenvalue weighted by Crippen LogP contribution is -2.26. The Balaban J connectivity index is 3.19. The zero-order valence-corrected chi connectivity index (χ0v) is 11.1. The van der Waals surface area contributed by atoms with Gasteiger partial charge >= 0.3 is 0 Å². The van der Waals surface area contributed by atoms with Gasteiger partial charge < -0.3 is 0 Å². The third kappa shape index (κ3) is 2.73. The number of rotatable bonds is 2. The quantitative estimate of drug-likeness (QED) is 0.612. The Morgan fingerprint density at radius 3 is 2.73 bits per heavy atom. The molecule has 0 saturated carbocycles. The highest BCUT2D eigenvalue weighted by molar-refractivity contribution is 9.11. The van der Waals surface area contributed by atoms with Crippen LogP contribution < -0.4 is 0 Å². The van der Waals surface area contributed by atoms with Gasteiger partial charge in [0, 0.05) is 7.05 Å². The summed E-state index contributed by atoms with van der Waals surface area (Å²) in [7, 11) is 2.71. The molecule has 0 fully saturated rings. The molecule has 0 saturated heterocycles. The Bertz CT molecular complexity index is 400. The number of pyridine rings is 1. The molecule has 0 aliphatic heterocycles. The fourth-order valence-corrected chi connectivity index (χ4v) is 1.93. The Hall–Kier alpha value is -0.530. The lowest BCUT2D eigenvalue weighted by Gasteiger charge is -2.14. The average molecular weight is 342 g/mol. The summed E-state index contributed by atoms with van der Waals surface area (Å²) < 4.78 is 13.8. The van der Waals surface area contributed by atoms with Gasteiger partial charge in [0.15, 0.2) is 5.82 Å².